The van der Waals surface area contributed by atoms with Crippen LogP contribution in [0.5, 0.6) is 0 Å². The average Bonchev–Trinajstić information content (AvgIpc) is 2.48. The van der Waals surface area contributed by atoms with Gasteiger partial charge in [-0.3, -0.25) is 0 Å². The lowest BCUT2D eigenvalue weighted by Crippen LogP contribution is -2.49. The Labute approximate surface area is 124 Å². The molecular formula is C14H20F2N2O2S. The molecule has 1 atom stereocenters. The molecule has 0 amide bonds. The van der Waals surface area contributed by atoms with E-state index in [4.69, 9.17) is 0 Å². The molecule has 21 heavy (non-hydrogen) atoms. The molecule has 4 nitrogen and oxygen atoms in total. The van der Waals surface area contributed by atoms with Gasteiger partial charge in [-0.2, -0.15) is 4.31 Å². The van der Waals surface area contributed by atoms with E-state index in [9.17, 15) is 17.2 Å². The van der Waals surface area contributed by atoms with Crippen molar-refractivity contribution in [2.24, 2.45) is 0 Å². The van der Waals surface area contributed by atoms with Gasteiger partial charge in [0.25, 0.3) is 0 Å². The predicted molar refractivity (Wildman–Crippen MR) is 76.4 cm³/mol. The maximum absolute atomic E-state index is 13.8. The van der Waals surface area contributed by atoms with Gasteiger partial charge in [0.2, 0.25) is 10.0 Å². The molecule has 0 aliphatic carbocycles. The minimum absolute atomic E-state index is 0.216. The Balaban J connectivity index is 2.39. The molecular weight excluding hydrogens is 298 g/mol. The Morgan fingerprint density at radius 3 is 2.76 bits per heavy atom. The van der Waals surface area contributed by atoms with Gasteiger partial charge < -0.3 is 5.32 Å². The van der Waals surface area contributed by atoms with E-state index in [1.54, 1.807) is 0 Å². The van der Waals surface area contributed by atoms with Crippen molar-refractivity contribution < 1.29 is 17.2 Å². The summed E-state index contributed by atoms with van der Waals surface area (Å²) in [5.41, 5.74) is 0. The van der Waals surface area contributed by atoms with Crippen molar-refractivity contribution in [1.82, 2.24) is 9.62 Å². The van der Waals surface area contributed by atoms with Gasteiger partial charge in [-0.1, -0.05) is 6.92 Å². The number of piperidine rings is 1. The van der Waals surface area contributed by atoms with Crippen molar-refractivity contribution >= 4 is 10.0 Å². The summed E-state index contributed by atoms with van der Waals surface area (Å²) in [5, 5.41) is 3.15. The third-order valence-electron chi connectivity index (χ3n) is 3.60. The SMILES string of the molecule is CCCN(C1CCCNC1)S(=O)(=O)c1cc(F)ccc1F. The second kappa shape index (κ2) is 6.81. The Morgan fingerprint density at radius 2 is 2.14 bits per heavy atom. The van der Waals surface area contributed by atoms with Crippen LogP contribution in [-0.4, -0.2) is 38.4 Å². The highest BCUT2D eigenvalue weighted by Gasteiger charge is 2.33. The van der Waals surface area contributed by atoms with Crippen molar-refractivity contribution in [2.45, 2.75) is 37.1 Å². The molecule has 1 aliphatic rings. The van der Waals surface area contributed by atoms with E-state index in [0.29, 0.717) is 19.5 Å². The van der Waals surface area contributed by atoms with E-state index >= 15 is 0 Å². The Kier molecular flexibility index (Phi) is 5.29. The molecule has 1 aliphatic heterocycles. The zero-order chi connectivity index (χ0) is 15.5. The molecule has 118 valence electrons. The smallest absolute Gasteiger partial charge is 0.246 e. The average molecular weight is 318 g/mol. The van der Waals surface area contributed by atoms with Crippen LogP contribution in [0.3, 0.4) is 0 Å². The van der Waals surface area contributed by atoms with Gasteiger partial charge in [0.05, 0.1) is 0 Å². The van der Waals surface area contributed by atoms with Crippen LogP contribution in [0, 0.1) is 11.6 Å². The topological polar surface area (TPSA) is 49.4 Å². The quantitative estimate of drug-likeness (QED) is 0.905. The Morgan fingerprint density at radius 1 is 1.38 bits per heavy atom. The largest absolute Gasteiger partial charge is 0.315 e. The highest BCUT2D eigenvalue weighted by Crippen LogP contribution is 2.24. The number of hydrogen-bond acceptors (Lipinski definition) is 3. The minimum Gasteiger partial charge on any atom is -0.315 e. The molecule has 1 aromatic rings. The summed E-state index contributed by atoms with van der Waals surface area (Å²) >= 11 is 0. The molecule has 1 fully saturated rings. The molecule has 0 bridgehead atoms. The van der Waals surface area contributed by atoms with Crippen LogP contribution in [0.15, 0.2) is 23.1 Å². The van der Waals surface area contributed by atoms with Crippen LogP contribution in [0.1, 0.15) is 26.2 Å². The fourth-order valence-corrected chi connectivity index (χ4v) is 4.42. The van der Waals surface area contributed by atoms with Crippen molar-refractivity contribution in [2.75, 3.05) is 19.6 Å². The fourth-order valence-electron chi connectivity index (χ4n) is 2.60. The molecule has 0 spiro atoms. The van der Waals surface area contributed by atoms with Gasteiger partial charge in [0.15, 0.2) is 0 Å². The molecule has 0 radical (unpaired) electrons. The van der Waals surface area contributed by atoms with E-state index in [-0.39, 0.29) is 6.04 Å². The van der Waals surface area contributed by atoms with E-state index in [0.717, 1.165) is 37.6 Å². The number of nitrogens with one attached hydrogen (secondary N) is 1. The first-order chi connectivity index (χ1) is 9.96. The summed E-state index contributed by atoms with van der Waals surface area (Å²) in [6.45, 7) is 3.55. The van der Waals surface area contributed by atoms with Gasteiger partial charge in [0.1, 0.15) is 16.5 Å². The second-order valence-corrected chi connectivity index (χ2v) is 7.05. The normalized spacial score (nSPS) is 19.9. The number of sulfonamides is 1. The highest BCUT2D eigenvalue weighted by molar-refractivity contribution is 7.89. The zero-order valence-electron chi connectivity index (χ0n) is 12.0. The lowest BCUT2D eigenvalue weighted by Gasteiger charge is -2.33. The molecule has 1 aromatic carbocycles. The maximum Gasteiger partial charge on any atom is 0.246 e. The van der Waals surface area contributed by atoms with Gasteiger partial charge >= 0.3 is 0 Å². The van der Waals surface area contributed by atoms with Crippen molar-refractivity contribution in [3.05, 3.63) is 29.8 Å². The monoisotopic (exact) mass is 318 g/mol. The van der Waals surface area contributed by atoms with Crippen LogP contribution in [0.25, 0.3) is 0 Å². The molecule has 2 rings (SSSR count). The van der Waals surface area contributed by atoms with Crippen LogP contribution in [-0.2, 0) is 10.0 Å². The third-order valence-corrected chi connectivity index (χ3v) is 5.57. The van der Waals surface area contributed by atoms with Gasteiger partial charge in [-0.05, 0) is 44.0 Å². The molecule has 1 saturated heterocycles. The Bertz CT molecular complexity index is 587. The summed E-state index contributed by atoms with van der Waals surface area (Å²) in [6, 6.07) is 2.31. The third kappa shape index (κ3) is 3.59. The number of nitrogens with zero attached hydrogens (tertiary/aromatic N) is 1. The van der Waals surface area contributed by atoms with Crippen LogP contribution >= 0.6 is 0 Å². The number of halogens is 2. The highest BCUT2D eigenvalue weighted by atomic mass is 32.2. The van der Waals surface area contributed by atoms with Crippen molar-refractivity contribution in [3.63, 3.8) is 0 Å². The number of rotatable bonds is 5. The van der Waals surface area contributed by atoms with Gasteiger partial charge in [0, 0.05) is 19.1 Å². The lowest BCUT2D eigenvalue weighted by atomic mass is 10.1. The van der Waals surface area contributed by atoms with Crippen LogP contribution < -0.4 is 5.32 Å². The number of benzene rings is 1. The second-order valence-electron chi connectivity index (χ2n) is 5.19. The molecule has 0 aromatic heterocycles. The van der Waals surface area contributed by atoms with Crippen molar-refractivity contribution in [1.29, 1.82) is 0 Å². The summed E-state index contributed by atoms with van der Waals surface area (Å²) in [7, 11) is -4.04. The zero-order valence-corrected chi connectivity index (χ0v) is 12.8. The molecule has 0 saturated carbocycles. The maximum atomic E-state index is 13.8. The standard InChI is InChI=1S/C14H20F2N2O2S/c1-2-8-18(12-4-3-7-17-10-12)21(19,20)14-9-11(15)5-6-13(14)16/h5-6,9,12,17H,2-4,7-8,10H2,1H3. The summed E-state index contributed by atoms with van der Waals surface area (Å²) in [5.74, 6) is -1.67. The fraction of sp³-hybridized carbons (Fsp3) is 0.571. The first-order valence-corrected chi connectivity index (χ1v) is 8.58. The van der Waals surface area contributed by atoms with Crippen molar-refractivity contribution in [3.8, 4) is 0 Å². The van der Waals surface area contributed by atoms with E-state index in [1.807, 2.05) is 6.92 Å². The van der Waals surface area contributed by atoms with E-state index in [2.05, 4.69) is 5.32 Å². The van der Waals surface area contributed by atoms with Gasteiger partial charge in [-0.25, -0.2) is 17.2 Å². The molecule has 7 heteroatoms. The van der Waals surface area contributed by atoms with Gasteiger partial charge in [-0.15, -0.1) is 0 Å². The summed E-state index contributed by atoms with van der Waals surface area (Å²) in [4.78, 5) is -0.582. The Hall–Kier alpha value is -1.05. The number of hydrogen-bond donors (Lipinski definition) is 1. The predicted octanol–water partition coefficient (Wildman–Crippen LogP) is 2.12. The summed E-state index contributed by atoms with van der Waals surface area (Å²) < 4.78 is 53.8. The lowest BCUT2D eigenvalue weighted by molar-refractivity contribution is 0.265. The molecule has 1 N–H and O–H groups in total. The first-order valence-electron chi connectivity index (χ1n) is 7.14. The van der Waals surface area contributed by atoms with Crippen LogP contribution in [0.2, 0.25) is 0 Å². The van der Waals surface area contributed by atoms with E-state index < -0.39 is 26.6 Å². The minimum atomic E-state index is -4.04. The first kappa shape index (κ1) is 16.3. The van der Waals surface area contributed by atoms with E-state index in [1.165, 1.54) is 4.31 Å². The molecule has 1 unspecified atom stereocenters. The van der Waals surface area contributed by atoms with Crippen LogP contribution in [0.4, 0.5) is 8.78 Å². The summed E-state index contributed by atoms with van der Waals surface area (Å²) in [6.07, 6.45) is 2.21. The molecule has 1 heterocycles.